The maximum atomic E-state index is 12.2. The van der Waals surface area contributed by atoms with E-state index in [-0.39, 0.29) is 5.91 Å². The molecule has 0 unspecified atom stereocenters. The predicted molar refractivity (Wildman–Crippen MR) is 103 cm³/mol. The normalized spacial score (nSPS) is 15.5. The van der Waals surface area contributed by atoms with Crippen molar-refractivity contribution >= 4 is 11.6 Å². The van der Waals surface area contributed by atoms with Gasteiger partial charge < -0.3 is 10.2 Å². The lowest BCUT2D eigenvalue weighted by Crippen LogP contribution is -2.33. The van der Waals surface area contributed by atoms with Crippen LogP contribution >= 0.6 is 0 Å². The van der Waals surface area contributed by atoms with Crippen LogP contribution < -0.4 is 5.32 Å². The van der Waals surface area contributed by atoms with E-state index in [9.17, 15) is 4.79 Å². The number of likely N-dealkylation sites (tertiary alicyclic amines) is 1. The third kappa shape index (κ3) is 4.61. The lowest BCUT2D eigenvalue weighted by molar-refractivity contribution is -0.121. The van der Waals surface area contributed by atoms with Crippen molar-refractivity contribution < 1.29 is 4.79 Å². The Bertz CT molecular complexity index is 761. The zero-order valence-corrected chi connectivity index (χ0v) is 16.3. The monoisotopic (exact) mass is 357 g/mol. The summed E-state index contributed by atoms with van der Waals surface area (Å²) in [6.45, 7) is 10.3. The number of nitrogens with zero attached hydrogens (tertiary/aromatic N) is 4. The summed E-state index contributed by atoms with van der Waals surface area (Å²) in [4.78, 5) is 19.3. The summed E-state index contributed by atoms with van der Waals surface area (Å²) in [6.07, 6.45) is 6.24. The SMILES string of the molecule is Cc1cc2nc(C)c(CCC(=O)NCCCN3CCCCC3)c(C)n2n1. The molecule has 1 fully saturated rings. The van der Waals surface area contributed by atoms with Crippen molar-refractivity contribution in [2.24, 2.45) is 0 Å². The molecule has 2 aromatic heterocycles. The molecule has 6 nitrogen and oxygen atoms in total. The number of fused-ring (bicyclic) bond motifs is 1. The highest BCUT2D eigenvalue weighted by atomic mass is 16.1. The van der Waals surface area contributed by atoms with Gasteiger partial charge in [0.1, 0.15) is 0 Å². The topological polar surface area (TPSA) is 62.5 Å². The molecule has 0 spiro atoms. The Morgan fingerprint density at radius 3 is 2.73 bits per heavy atom. The van der Waals surface area contributed by atoms with Gasteiger partial charge in [0.05, 0.1) is 5.69 Å². The molecule has 0 radical (unpaired) electrons. The van der Waals surface area contributed by atoms with Crippen LogP contribution in [0.15, 0.2) is 6.07 Å². The van der Waals surface area contributed by atoms with Crippen molar-refractivity contribution in [3.8, 4) is 0 Å². The Labute approximate surface area is 156 Å². The number of carbonyl (C=O) groups is 1. The zero-order chi connectivity index (χ0) is 18.5. The second kappa shape index (κ2) is 8.62. The molecule has 1 N–H and O–H groups in total. The van der Waals surface area contributed by atoms with Gasteiger partial charge in [-0.1, -0.05) is 6.42 Å². The molecule has 1 amide bonds. The number of nitrogens with one attached hydrogen (secondary N) is 1. The molecule has 0 atom stereocenters. The highest BCUT2D eigenvalue weighted by Crippen LogP contribution is 2.17. The van der Waals surface area contributed by atoms with Crippen LogP contribution in [0.3, 0.4) is 0 Å². The smallest absolute Gasteiger partial charge is 0.220 e. The molecule has 2 aromatic rings. The Kier molecular flexibility index (Phi) is 6.25. The maximum absolute atomic E-state index is 12.2. The molecule has 1 saturated heterocycles. The van der Waals surface area contributed by atoms with E-state index in [2.05, 4.69) is 27.2 Å². The number of aryl methyl sites for hydroxylation is 3. The van der Waals surface area contributed by atoms with Gasteiger partial charge in [0.25, 0.3) is 0 Å². The summed E-state index contributed by atoms with van der Waals surface area (Å²) in [6, 6.07) is 1.98. The molecular weight excluding hydrogens is 326 g/mol. The second-order valence-electron chi connectivity index (χ2n) is 7.42. The van der Waals surface area contributed by atoms with Gasteiger partial charge in [-0.3, -0.25) is 4.79 Å². The van der Waals surface area contributed by atoms with E-state index < -0.39 is 0 Å². The molecule has 1 aliphatic rings. The second-order valence-corrected chi connectivity index (χ2v) is 7.42. The quantitative estimate of drug-likeness (QED) is 0.774. The minimum atomic E-state index is 0.124. The van der Waals surface area contributed by atoms with Crippen LogP contribution in [-0.4, -0.2) is 51.6 Å². The third-order valence-corrected chi connectivity index (χ3v) is 5.31. The standard InChI is InChI=1S/C20H31N5O/c1-15-14-19-22-16(2)18(17(3)25(19)23-15)8-9-20(26)21-10-7-13-24-11-5-4-6-12-24/h14H,4-13H2,1-3H3,(H,21,26). The van der Waals surface area contributed by atoms with E-state index in [0.717, 1.165) is 47.8 Å². The number of piperidine rings is 1. The molecule has 3 heterocycles. The summed E-state index contributed by atoms with van der Waals surface area (Å²) in [7, 11) is 0. The molecule has 6 heteroatoms. The number of rotatable bonds is 7. The third-order valence-electron chi connectivity index (χ3n) is 5.31. The minimum absolute atomic E-state index is 0.124. The first kappa shape index (κ1) is 18.8. The fourth-order valence-corrected chi connectivity index (χ4v) is 3.84. The summed E-state index contributed by atoms with van der Waals surface area (Å²) < 4.78 is 1.88. The van der Waals surface area contributed by atoms with Crippen molar-refractivity contribution in [1.82, 2.24) is 24.8 Å². The highest BCUT2D eigenvalue weighted by Gasteiger charge is 2.13. The number of amides is 1. The summed E-state index contributed by atoms with van der Waals surface area (Å²) in [5, 5.41) is 7.56. The minimum Gasteiger partial charge on any atom is -0.356 e. The van der Waals surface area contributed by atoms with Crippen LogP contribution in [0.25, 0.3) is 5.65 Å². The molecule has 1 aliphatic heterocycles. The van der Waals surface area contributed by atoms with Gasteiger partial charge >= 0.3 is 0 Å². The van der Waals surface area contributed by atoms with Gasteiger partial charge in [0, 0.05) is 30.4 Å². The van der Waals surface area contributed by atoms with Crippen molar-refractivity contribution in [2.45, 2.75) is 59.3 Å². The first-order valence-electron chi connectivity index (χ1n) is 9.86. The Morgan fingerprint density at radius 1 is 1.19 bits per heavy atom. The molecule has 0 aromatic carbocycles. The molecule has 3 rings (SSSR count). The van der Waals surface area contributed by atoms with Gasteiger partial charge in [0.15, 0.2) is 5.65 Å². The van der Waals surface area contributed by atoms with E-state index in [1.54, 1.807) is 0 Å². The van der Waals surface area contributed by atoms with Crippen LogP contribution in [0, 0.1) is 20.8 Å². The first-order valence-corrected chi connectivity index (χ1v) is 9.86. The average Bonchev–Trinajstić information content (AvgIpc) is 3.00. The Hall–Kier alpha value is -1.95. The molecule has 0 aliphatic carbocycles. The number of aromatic nitrogens is 3. The fourth-order valence-electron chi connectivity index (χ4n) is 3.84. The number of carbonyl (C=O) groups excluding carboxylic acids is 1. The summed E-state index contributed by atoms with van der Waals surface area (Å²) in [5.74, 6) is 0.124. The van der Waals surface area contributed by atoms with Crippen LogP contribution in [0.4, 0.5) is 0 Å². The predicted octanol–water partition coefficient (Wildman–Crippen LogP) is 2.58. The van der Waals surface area contributed by atoms with Crippen LogP contribution in [-0.2, 0) is 11.2 Å². The van der Waals surface area contributed by atoms with E-state index in [0.29, 0.717) is 12.8 Å². The molecular formula is C20H31N5O. The molecule has 26 heavy (non-hydrogen) atoms. The van der Waals surface area contributed by atoms with Crippen LogP contribution in [0.5, 0.6) is 0 Å². The van der Waals surface area contributed by atoms with Crippen molar-refractivity contribution in [3.05, 3.63) is 28.7 Å². The fraction of sp³-hybridized carbons (Fsp3) is 0.650. The largest absolute Gasteiger partial charge is 0.356 e. The zero-order valence-electron chi connectivity index (χ0n) is 16.3. The van der Waals surface area contributed by atoms with E-state index in [4.69, 9.17) is 0 Å². The Morgan fingerprint density at radius 2 is 1.96 bits per heavy atom. The van der Waals surface area contributed by atoms with Crippen molar-refractivity contribution in [3.63, 3.8) is 0 Å². The number of hydrogen-bond donors (Lipinski definition) is 1. The summed E-state index contributed by atoms with van der Waals surface area (Å²) in [5.41, 5.74) is 5.04. The van der Waals surface area contributed by atoms with E-state index >= 15 is 0 Å². The van der Waals surface area contributed by atoms with Gasteiger partial charge in [0.2, 0.25) is 5.91 Å². The molecule has 0 saturated carbocycles. The van der Waals surface area contributed by atoms with Gasteiger partial charge in [-0.15, -0.1) is 0 Å². The van der Waals surface area contributed by atoms with Crippen molar-refractivity contribution in [2.75, 3.05) is 26.2 Å². The van der Waals surface area contributed by atoms with Gasteiger partial charge in [-0.05, 0) is 71.7 Å². The first-order chi connectivity index (χ1) is 12.5. The van der Waals surface area contributed by atoms with Gasteiger partial charge in [-0.2, -0.15) is 5.10 Å². The van der Waals surface area contributed by atoms with Gasteiger partial charge in [-0.25, -0.2) is 9.50 Å². The highest BCUT2D eigenvalue weighted by molar-refractivity contribution is 5.76. The lowest BCUT2D eigenvalue weighted by Gasteiger charge is -2.26. The van der Waals surface area contributed by atoms with Crippen LogP contribution in [0.1, 0.15) is 54.7 Å². The molecule has 0 bridgehead atoms. The lowest BCUT2D eigenvalue weighted by atomic mass is 10.1. The van der Waals surface area contributed by atoms with E-state index in [1.807, 2.05) is 24.4 Å². The van der Waals surface area contributed by atoms with Crippen LogP contribution in [0.2, 0.25) is 0 Å². The molecule has 142 valence electrons. The maximum Gasteiger partial charge on any atom is 0.220 e. The van der Waals surface area contributed by atoms with Crippen molar-refractivity contribution in [1.29, 1.82) is 0 Å². The Balaban J connectivity index is 1.46. The number of hydrogen-bond acceptors (Lipinski definition) is 4. The summed E-state index contributed by atoms with van der Waals surface area (Å²) >= 11 is 0. The van der Waals surface area contributed by atoms with E-state index in [1.165, 1.54) is 32.4 Å². The average molecular weight is 358 g/mol.